The number of benzene rings is 1. The van der Waals surface area contributed by atoms with Gasteiger partial charge in [0.1, 0.15) is 17.2 Å². The van der Waals surface area contributed by atoms with Crippen LogP contribution in [0, 0.1) is 11.7 Å². The van der Waals surface area contributed by atoms with Crippen LogP contribution in [0.5, 0.6) is 0 Å². The number of hydrogen-bond acceptors (Lipinski definition) is 5. The summed E-state index contributed by atoms with van der Waals surface area (Å²) in [6, 6.07) is 4.67. The average Bonchev–Trinajstić information content (AvgIpc) is 3.32. The molecule has 2 N–H and O–H groups in total. The number of fused-ring (bicyclic) bond motifs is 3. The van der Waals surface area contributed by atoms with Gasteiger partial charge in [-0.2, -0.15) is 0 Å². The van der Waals surface area contributed by atoms with E-state index in [1.54, 1.807) is 6.07 Å². The summed E-state index contributed by atoms with van der Waals surface area (Å²) in [7, 11) is -3.34. The average molecular weight is 534 g/mol. The molecule has 3 heterocycles. The highest BCUT2D eigenvalue weighted by Crippen LogP contribution is 2.39. The summed E-state index contributed by atoms with van der Waals surface area (Å²) in [6.45, 7) is 4.23. The number of anilines is 1. The number of carbonyl (C=O) groups is 1. The summed E-state index contributed by atoms with van der Waals surface area (Å²) < 4.78 is 43.0. The van der Waals surface area contributed by atoms with Crippen LogP contribution in [0.15, 0.2) is 24.4 Å². The van der Waals surface area contributed by atoms with Gasteiger partial charge in [-0.25, -0.2) is 27.5 Å². The molecule has 2 unspecified atom stereocenters. The van der Waals surface area contributed by atoms with E-state index in [9.17, 15) is 13.2 Å². The Hall–Kier alpha value is -2.56. The maximum Gasteiger partial charge on any atom is 0.228 e. The standard InChI is InChI=1S/C25H29ClFN5O3S/c1-25(2)8-7-22-30-23-19(27)10-15(11-20(23)32(22)25)17-12-21(28-13-18(17)26)29-24(33)14-5-4-6-16(9-14)31-36(3,34)35/h10-14,16,31H,4-9H2,1-3H3,(H,28,29,33). The number of aryl methyl sites for hydroxylation is 1. The van der Waals surface area contributed by atoms with Crippen LogP contribution in [-0.2, 0) is 26.8 Å². The Bertz CT molecular complexity index is 1470. The van der Waals surface area contributed by atoms with Gasteiger partial charge in [-0.3, -0.25) is 4.79 Å². The van der Waals surface area contributed by atoms with Crippen molar-refractivity contribution < 1.29 is 17.6 Å². The molecular formula is C25H29ClFN5O3S. The quantitative estimate of drug-likeness (QED) is 0.498. The van der Waals surface area contributed by atoms with Crippen LogP contribution in [0.2, 0.25) is 5.02 Å². The van der Waals surface area contributed by atoms with Gasteiger partial charge in [0.15, 0.2) is 5.82 Å². The number of halogens is 2. The molecule has 1 aliphatic carbocycles. The predicted molar refractivity (Wildman–Crippen MR) is 138 cm³/mol. The lowest BCUT2D eigenvalue weighted by atomic mass is 9.85. The first-order chi connectivity index (χ1) is 16.9. The third kappa shape index (κ3) is 4.86. The van der Waals surface area contributed by atoms with Crippen molar-refractivity contribution in [3.05, 3.63) is 41.1 Å². The van der Waals surface area contributed by atoms with Gasteiger partial charge in [-0.1, -0.05) is 18.0 Å². The zero-order valence-electron chi connectivity index (χ0n) is 20.4. The number of nitrogens with one attached hydrogen (secondary N) is 2. The number of sulfonamides is 1. The van der Waals surface area contributed by atoms with Crippen molar-refractivity contribution in [2.24, 2.45) is 5.92 Å². The van der Waals surface area contributed by atoms with Gasteiger partial charge in [0.25, 0.3) is 0 Å². The van der Waals surface area contributed by atoms with Crippen LogP contribution in [0.3, 0.4) is 0 Å². The van der Waals surface area contributed by atoms with E-state index < -0.39 is 15.8 Å². The minimum Gasteiger partial charge on any atom is -0.322 e. The van der Waals surface area contributed by atoms with Gasteiger partial charge in [-0.05, 0) is 63.3 Å². The molecule has 8 nitrogen and oxygen atoms in total. The highest BCUT2D eigenvalue weighted by atomic mass is 35.5. The number of rotatable bonds is 5. The van der Waals surface area contributed by atoms with E-state index in [0.29, 0.717) is 52.3 Å². The van der Waals surface area contributed by atoms with Crippen molar-refractivity contribution in [3.63, 3.8) is 0 Å². The highest BCUT2D eigenvalue weighted by molar-refractivity contribution is 7.88. The second kappa shape index (κ2) is 9.08. The number of carbonyl (C=O) groups excluding carboxylic acids is 1. The summed E-state index contributed by atoms with van der Waals surface area (Å²) >= 11 is 6.46. The zero-order valence-corrected chi connectivity index (χ0v) is 22.0. The number of nitrogens with zero attached hydrogens (tertiary/aromatic N) is 3. The second-order valence-electron chi connectivity index (χ2n) is 10.5. The minimum atomic E-state index is -3.34. The summed E-state index contributed by atoms with van der Waals surface area (Å²) in [5.74, 6) is 0.176. The van der Waals surface area contributed by atoms with E-state index in [4.69, 9.17) is 11.6 Å². The van der Waals surface area contributed by atoms with E-state index in [1.165, 1.54) is 12.3 Å². The molecule has 0 spiro atoms. The van der Waals surface area contributed by atoms with Gasteiger partial charge in [0.05, 0.1) is 16.8 Å². The zero-order chi connectivity index (χ0) is 25.8. The Kier molecular flexibility index (Phi) is 6.33. The molecule has 1 aromatic carbocycles. The van der Waals surface area contributed by atoms with E-state index in [-0.39, 0.29) is 23.4 Å². The van der Waals surface area contributed by atoms with Gasteiger partial charge >= 0.3 is 0 Å². The number of amides is 1. The van der Waals surface area contributed by atoms with Crippen LogP contribution in [0.1, 0.15) is 51.8 Å². The molecule has 2 aliphatic rings. The topological polar surface area (TPSA) is 106 Å². The molecule has 0 bridgehead atoms. The molecular weight excluding hydrogens is 505 g/mol. The molecule has 1 aliphatic heterocycles. The normalized spacial score (nSPS) is 21.5. The van der Waals surface area contributed by atoms with Gasteiger partial charge in [-0.15, -0.1) is 0 Å². The lowest BCUT2D eigenvalue weighted by molar-refractivity contribution is -0.121. The maximum absolute atomic E-state index is 15.1. The van der Waals surface area contributed by atoms with E-state index in [0.717, 1.165) is 31.3 Å². The molecule has 2 aromatic heterocycles. The molecule has 3 aromatic rings. The lowest BCUT2D eigenvalue weighted by Gasteiger charge is -2.28. The summed E-state index contributed by atoms with van der Waals surface area (Å²) in [5.41, 5.74) is 2.01. The third-order valence-corrected chi connectivity index (χ3v) is 8.25. The first kappa shape index (κ1) is 25.1. The Morgan fingerprint density at radius 2 is 2.03 bits per heavy atom. The first-order valence-electron chi connectivity index (χ1n) is 12.1. The fourth-order valence-electron chi connectivity index (χ4n) is 5.51. The summed E-state index contributed by atoms with van der Waals surface area (Å²) in [5, 5.41) is 3.17. The van der Waals surface area contributed by atoms with E-state index in [1.807, 2.05) is 6.07 Å². The molecule has 36 heavy (non-hydrogen) atoms. The molecule has 1 fully saturated rings. The molecule has 0 saturated heterocycles. The Morgan fingerprint density at radius 1 is 1.25 bits per heavy atom. The Balaban J connectivity index is 1.42. The highest BCUT2D eigenvalue weighted by Gasteiger charge is 2.33. The van der Waals surface area contributed by atoms with Crippen molar-refractivity contribution in [3.8, 4) is 11.1 Å². The maximum atomic E-state index is 15.1. The van der Waals surface area contributed by atoms with Crippen LogP contribution >= 0.6 is 11.6 Å². The van der Waals surface area contributed by atoms with Crippen molar-refractivity contribution in [1.29, 1.82) is 0 Å². The Morgan fingerprint density at radius 3 is 2.78 bits per heavy atom. The van der Waals surface area contributed by atoms with Crippen LogP contribution in [-0.4, -0.2) is 41.2 Å². The van der Waals surface area contributed by atoms with Crippen LogP contribution < -0.4 is 10.0 Å². The van der Waals surface area contributed by atoms with Gasteiger partial charge in [0.2, 0.25) is 15.9 Å². The fraction of sp³-hybridized carbons (Fsp3) is 0.480. The SMILES string of the molecule is CC1(C)CCc2nc3c(F)cc(-c4cc(NC(=O)C5CCCC(NS(C)(=O)=O)C5)ncc4Cl)cc3n21. The second-order valence-corrected chi connectivity index (χ2v) is 12.7. The number of aromatic nitrogens is 3. The minimum absolute atomic E-state index is 0.167. The number of hydrogen-bond donors (Lipinski definition) is 2. The molecule has 1 amide bonds. The van der Waals surface area contributed by atoms with Crippen molar-refractivity contribution in [2.45, 2.75) is 64.0 Å². The molecule has 192 valence electrons. The van der Waals surface area contributed by atoms with Gasteiger partial charge < -0.3 is 9.88 Å². The molecule has 2 atom stereocenters. The molecule has 0 radical (unpaired) electrons. The molecule has 1 saturated carbocycles. The summed E-state index contributed by atoms with van der Waals surface area (Å²) in [4.78, 5) is 21.7. The summed E-state index contributed by atoms with van der Waals surface area (Å²) in [6.07, 6.45) is 6.82. The predicted octanol–water partition coefficient (Wildman–Crippen LogP) is 4.62. The molecule has 11 heteroatoms. The van der Waals surface area contributed by atoms with Gasteiger partial charge in [0, 0.05) is 35.7 Å². The smallest absolute Gasteiger partial charge is 0.228 e. The van der Waals surface area contributed by atoms with E-state index >= 15 is 4.39 Å². The molecule has 5 rings (SSSR count). The van der Waals surface area contributed by atoms with E-state index in [2.05, 4.69) is 38.4 Å². The fourth-order valence-corrected chi connectivity index (χ4v) is 6.54. The van der Waals surface area contributed by atoms with Crippen molar-refractivity contribution in [1.82, 2.24) is 19.3 Å². The number of imidazole rings is 1. The Labute approximate surface area is 214 Å². The van der Waals surface area contributed by atoms with Crippen molar-refractivity contribution >= 4 is 44.4 Å². The third-order valence-electron chi connectivity index (χ3n) is 7.19. The largest absolute Gasteiger partial charge is 0.322 e. The number of pyridine rings is 1. The van der Waals surface area contributed by atoms with Crippen LogP contribution in [0.25, 0.3) is 22.2 Å². The van der Waals surface area contributed by atoms with Crippen LogP contribution in [0.4, 0.5) is 10.2 Å². The lowest BCUT2D eigenvalue weighted by Crippen LogP contribution is -2.40. The monoisotopic (exact) mass is 533 g/mol. The van der Waals surface area contributed by atoms with Crippen molar-refractivity contribution in [2.75, 3.05) is 11.6 Å². The first-order valence-corrected chi connectivity index (χ1v) is 14.3.